The molecule has 5 aromatic rings. The molecule has 40 heavy (non-hydrogen) atoms. The lowest BCUT2D eigenvalue weighted by Crippen LogP contribution is -2.53. The zero-order valence-electron chi connectivity index (χ0n) is 21.3. The second kappa shape index (κ2) is 11.1. The zero-order valence-corrected chi connectivity index (χ0v) is 22.1. The number of carbonyl (C=O) groups is 2. The summed E-state index contributed by atoms with van der Waals surface area (Å²) in [5.41, 5.74) is 3.80. The van der Waals surface area contributed by atoms with Gasteiger partial charge in [-0.3, -0.25) is 14.7 Å². The molecule has 2 unspecified atom stereocenters. The van der Waals surface area contributed by atoms with Crippen LogP contribution in [0.5, 0.6) is 0 Å². The monoisotopic (exact) mass is 552 g/mol. The molecule has 0 radical (unpaired) electrons. The Morgan fingerprint density at radius 1 is 1.07 bits per heavy atom. The van der Waals surface area contributed by atoms with Gasteiger partial charge in [-0.15, -0.1) is 5.10 Å². The van der Waals surface area contributed by atoms with Crippen molar-refractivity contribution in [3.8, 4) is 5.69 Å². The van der Waals surface area contributed by atoms with Crippen LogP contribution in [0.15, 0.2) is 85.3 Å². The van der Waals surface area contributed by atoms with Crippen molar-refractivity contribution < 1.29 is 9.59 Å². The lowest BCUT2D eigenvalue weighted by molar-refractivity contribution is -0.137. The Labute approximate surface area is 234 Å². The Balaban J connectivity index is 1.31. The average Bonchev–Trinajstić information content (AvgIpc) is 3.68. The SMILES string of the molecule is O=C(Nc1ccc2cn[nH]c2c1)C1C(c2ccccc2)CCCN1C(=O)C=Cc1cc(Cl)ccc1-n1cnnn1. The van der Waals surface area contributed by atoms with E-state index in [4.69, 9.17) is 11.6 Å². The Morgan fingerprint density at radius 2 is 1.95 bits per heavy atom. The third kappa shape index (κ3) is 5.21. The van der Waals surface area contributed by atoms with Gasteiger partial charge in [0.1, 0.15) is 12.4 Å². The Morgan fingerprint density at radius 3 is 2.77 bits per heavy atom. The van der Waals surface area contributed by atoms with E-state index in [1.807, 2.05) is 48.5 Å². The largest absolute Gasteiger partial charge is 0.326 e. The van der Waals surface area contributed by atoms with E-state index in [0.717, 1.165) is 29.3 Å². The Hall–Kier alpha value is -4.83. The smallest absolute Gasteiger partial charge is 0.247 e. The van der Waals surface area contributed by atoms with Crippen molar-refractivity contribution in [3.63, 3.8) is 0 Å². The number of likely N-dealkylation sites (tertiary alicyclic amines) is 1. The van der Waals surface area contributed by atoms with Crippen LogP contribution < -0.4 is 5.32 Å². The number of rotatable bonds is 6. The average molecular weight is 553 g/mol. The maximum absolute atomic E-state index is 13.9. The molecule has 1 fully saturated rings. The summed E-state index contributed by atoms with van der Waals surface area (Å²) in [5.74, 6) is -0.676. The molecular formula is C29H25ClN8O2. The number of hydrogen-bond acceptors (Lipinski definition) is 6. The zero-order chi connectivity index (χ0) is 27.5. The van der Waals surface area contributed by atoms with Crippen molar-refractivity contribution in [2.24, 2.45) is 0 Å². The van der Waals surface area contributed by atoms with Crippen molar-refractivity contribution in [2.75, 3.05) is 11.9 Å². The first-order valence-electron chi connectivity index (χ1n) is 12.9. The van der Waals surface area contributed by atoms with Gasteiger partial charge < -0.3 is 10.2 Å². The molecule has 2 N–H and O–H groups in total. The van der Waals surface area contributed by atoms with Crippen molar-refractivity contribution in [1.29, 1.82) is 0 Å². The number of amides is 2. The van der Waals surface area contributed by atoms with Crippen LogP contribution in [-0.2, 0) is 9.59 Å². The van der Waals surface area contributed by atoms with Gasteiger partial charge in [-0.2, -0.15) is 9.78 Å². The van der Waals surface area contributed by atoms with Gasteiger partial charge in [0.25, 0.3) is 0 Å². The fourth-order valence-corrected chi connectivity index (χ4v) is 5.42. The van der Waals surface area contributed by atoms with Crippen LogP contribution in [0.2, 0.25) is 5.02 Å². The van der Waals surface area contributed by atoms with Gasteiger partial charge >= 0.3 is 0 Å². The minimum atomic E-state index is -0.705. The highest BCUT2D eigenvalue weighted by molar-refractivity contribution is 6.30. The highest BCUT2D eigenvalue weighted by Crippen LogP contribution is 2.34. The maximum atomic E-state index is 13.9. The first-order chi connectivity index (χ1) is 19.6. The number of hydrogen-bond donors (Lipinski definition) is 2. The normalized spacial score (nSPS) is 17.4. The summed E-state index contributed by atoms with van der Waals surface area (Å²) >= 11 is 6.25. The lowest BCUT2D eigenvalue weighted by atomic mass is 9.82. The second-order valence-corrected chi connectivity index (χ2v) is 10.0. The van der Waals surface area contributed by atoms with Crippen LogP contribution >= 0.6 is 11.6 Å². The quantitative estimate of drug-likeness (QED) is 0.296. The van der Waals surface area contributed by atoms with Gasteiger partial charge in [-0.25, -0.2) is 0 Å². The highest BCUT2D eigenvalue weighted by atomic mass is 35.5. The minimum Gasteiger partial charge on any atom is -0.326 e. The number of fused-ring (bicyclic) bond motifs is 1. The Bertz CT molecular complexity index is 1680. The third-order valence-corrected chi connectivity index (χ3v) is 7.35. The number of aromatic nitrogens is 6. The molecule has 2 atom stereocenters. The van der Waals surface area contributed by atoms with Crippen molar-refractivity contribution in [2.45, 2.75) is 24.8 Å². The topological polar surface area (TPSA) is 122 Å². The molecule has 0 saturated carbocycles. The fourth-order valence-electron chi connectivity index (χ4n) is 5.24. The number of halogens is 1. The minimum absolute atomic E-state index is 0.161. The number of aromatic amines is 1. The van der Waals surface area contributed by atoms with E-state index in [-0.39, 0.29) is 17.7 Å². The molecule has 1 saturated heterocycles. The van der Waals surface area contributed by atoms with Gasteiger partial charge in [0.2, 0.25) is 11.8 Å². The summed E-state index contributed by atoms with van der Waals surface area (Å²) in [5, 5.41) is 22.8. The van der Waals surface area contributed by atoms with Crippen LogP contribution in [0.4, 0.5) is 5.69 Å². The second-order valence-electron chi connectivity index (χ2n) is 9.59. The van der Waals surface area contributed by atoms with E-state index < -0.39 is 6.04 Å². The molecule has 0 bridgehead atoms. The first-order valence-corrected chi connectivity index (χ1v) is 13.3. The van der Waals surface area contributed by atoms with Gasteiger partial charge in [-0.1, -0.05) is 41.9 Å². The molecule has 6 rings (SSSR count). The summed E-state index contributed by atoms with van der Waals surface area (Å²) in [6.45, 7) is 0.458. The molecular weight excluding hydrogens is 528 g/mol. The predicted molar refractivity (Wildman–Crippen MR) is 152 cm³/mol. The Kier molecular flexibility index (Phi) is 7.07. The summed E-state index contributed by atoms with van der Waals surface area (Å²) < 4.78 is 1.50. The number of piperidine rings is 1. The maximum Gasteiger partial charge on any atom is 0.247 e. The molecule has 200 valence electrons. The highest BCUT2D eigenvalue weighted by Gasteiger charge is 2.39. The van der Waals surface area contributed by atoms with Crippen molar-refractivity contribution in [3.05, 3.63) is 101 Å². The standard InChI is InChI=1S/C29H25ClN8O2/c30-22-10-12-26(38-18-32-35-36-38)20(15-22)9-13-27(39)37-14-4-7-24(19-5-2-1-3-6-19)28(37)29(40)33-23-11-8-21-17-31-34-25(21)16-23/h1-3,5-6,8-13,15-18,24,28H,4,7,14H2,(H,31,34)(H,33,40). The van der Waals surface area contributed by atoms with Crippen LogP contribution in [0.1, 0.15) is 29.9 Å². The van der Waals surface area contributed by atoms with Crippen LogP contribution in [-0.4, -0.2) is 59.7 Å². The van der Waals surface area contributed by atoms with Crippen LogP contribution in [0.3, 0.4) is 0 Å². The molecule has 1 aliphatic heterocycles. The number of nitrogens with one attached hydrogen (secondary N) is 2. The molecule has 10 nitrogen and oxygen atoms in total. The third-order valence-electron chi connectivity index (χ3n) is 7.11. The van der Waals surface area contributed by atoms with E-state index in [1.165, 1.54) is 17.1 Å². The predicted octanol–water partition coefficient (Wildman–Crippen LogP) is 4.62. The van der Waals surface area contributed by atoms with E-state index in [2.05, 4.69) is 31.0 Å². The van der Waals surface area contributed by atoms with Crippen molar-refractivity contribution in [1.82, 2.24) is 35.3 Å². The summed E-state index contributed by atoms with van der Waals surface area (Å²) in [7, 11) is 0. The molecule has 3 heterocycles. The van der Waals surface area contributed by atoms with Crippen LogP contribution in [0.25, 0.3) is 22.7 Å². The number of H-pyrrole nitrogens is 1. The molecule has 0 spiro atoms. The lowest BCUT2D eigenvalue weighted by Gasteiger charge is -2.40. The van der Waals surface area contributed by atoms with Gasteiger partial charge in [-0.05, 0) is 71.3 Å². The van der Waals surface area contributed by atoms with Gasteiger partial charge in [0.15, 0.2) is 0 Å². The molecule has 0 aliphatic carbocycles. The molecule has 11 heteroatoms. The van der Waals surface area contributed by atoms with E-state index in [0.29, 0.717) is 28.5 Å². The van der Waals surface area contributed by atoms with Gasteiger partial charge in [0.05, 0.1) is 17.4 Å². The number of anilines is 1. The van der Waals surface area contributed by atoms with Gasteiger partial charge in [0, 0.05) is 40.2 Å². The number of benzene rings is 3. The number of nitrogens with zero attached hydrogens (tertiary/aromatic N) is 6. The van der Waals surface area contributed by atoms with E-state index in [9.17, 15) is 9.59 Å². The molecule has 2 aromatic heterocycles. The summed E-state index contributed by atoms with van der Waals surface area (Å²) in [4.78, 5) is 29.2. The van der Waals surface area contributed by atoms with E-state index in [1.54, 1.807) is 35.4 Å². The fraction of sp³-hybridized carbons (Fsp3) is 0.172. The molecule has 3 aromatic carbocycles. The number of carbonyl (C=O) groups excluding carboxylic acids is 2. The molecule has 1 aliphatic rings. The summed E-state index contributed by atoms with van der Waals surface area (Å²) in [6, 6.07) is 20.0. The van der Waals surface area contributed by atoms with E-state index >= 15 is 0 Å². The van der Waals surface area contributed by atoms with Crippen LogP contribution in [0, 0.1) is 0 Å². The molecule has 2 amide bonds. The summed E-state index contributed by atoms with van der Waals surface area (Å²) in [6.07, 6.45) is 7.91. The van der Waals surface area contributed by atoms with Crippen molar-refractivity contribution >= 4 is 46.1 Å². The number of tetrazole rings is 1. The first kappa shape index (κ1) is 25.4.